The molecule has 1 fully saturated rings. The third-order valence-corrected chi connectivity index (χ3v) is 4.34. The van der Waals surface area contributed by atoms with Gasteiger partial charge in [0, 0.05) is 30.8 Å². The lowest BCUT2D eigenvalue weighted by atomic mass is 9.88. The molecule has 1 amide bonds. The monoisotopic (exact) mass is 308 g/mol. The Balaban J connectivity index is 1.78. The van der Waals surface area contributed by atoms with Gasteiger partial charge in [-0.15, -0.1) is 0 Å². The SMILES string of the molecule is CNC(C)Cc1noc(CC(C)NC(=O)C2CCCCC2)n1. The van der Waals surface area contributed by atoms with Crippen molar-refractivity contribution in [1.82, 2.24) is 20.8 Å². The third-order valence-electron chi connectivity index (χ3n) is 4.34. The second-order valence-electron chi connectivity index (χ2n) is 6.45. The first-order valence-corrected chi connectivity index (χ1v) is 8.37. The minimum atomic E-state index is 0.0180. The van der Waals surface area contributed by atoms with Gasteiger partial charge >= 0.3 is 0 Å². The van der Waals surface area contributed by atoms with Gasteiger partial charge in [0.05, 0.1) is 0 Å². The third kappa shape index (κ3) is 5.09. The summed E-state index contributed by atoms with van der Waals surface area (Å²) in [4.78, 5) is 16.6. The lowest BCUT2D eigenvalue weighted by molar-refractivity contribution is -0.126. The second-order valence-corrected chi connectivity index (χ2v) is 6.45. The van der Waals surface area contributed by atoms with Crippen LogP contribution < -0.4 is 10.6 Å². The molecule has 1 aromatic heterocycles. The Morgan fingerprint density at radius 2 is 1.95 bits per heavy atom. The fourth-order valence-corrected chi connectivity index (χ4v) is 2.87. The predicted molar refractivity (Wildman–Crippen MR) is 84.4 cm³/mol. The van der Waals surface area contributed by atoms with E-state index in [2.05, 4.69) is 27.7 Å². The van der Waals surface area contributed by atoms with Crippen LogP contribution in [0, 0.1) is 5.92 Å². The van der Waals surface area contributed by atoms with Gasteiger partial charge in [-0.05, 0) is 33.7 Å². The smallest absolute Gasteiger partial charge is 0.228 e. The summed E-state index contributed by atoms with van der Waals surface area (Å²) in [5, 5.41) is 10.2. The molecule has 2 N–H and O–H groups in total. The second kappa shape index (κ2) is 8.27. The summed E-state index contributed by atoms with van der Waals surface area (Å²) in [5.74, 6) is 1.67. The topological polar surface area (TPSA) is 80.0 Å². The Morgan fingerprint density at radius 1 is 1.23 bits per heavy atom. The number of aromatic nitrogens is 2. The molecular weight excluding hydrogens is 280 g/mol. The van der Waals surface area contributed by atoms with Gasteiger partial charge < -0.3 is 15.2 Å². The molecular formula is C16H28N4O2. The molecule has 0 aliphatic heterocycles. The van der Waals surface area contributed by atoms with E-state index in [0.717, 1.165) is 19.3 Å². The average molecular weight is 308 g/mol. The van der Waals surface area contributed by atoms with Gasteiger partial charge in [-0.3, -0.25) is 4.79 Å². The highest BCUT2D eigenvalue weighted by Gasteiger charge is 2.23. The Labute approximate surface area is 132 Å². The highest BCUT2D eigenvalue weighted by Crippen LogP contribution is 2.23. The molecule has 0 aromatic carbocycles. The molecule has 1 saturated carbocycles. The van der Waals surface area contributed by atoms with E-state index < -0.39 is 0 Å². The molecule has 2 rings (SSSR count). The molecule has 0 radical (unpaired) electrons. The summed E-state index contributed by atoms with van der Waals surface area (Å²) in [6, 6.07) is 0.332. The summed E-state index contributed by atoms with van der Waals surface area (Å²) in [5.41, 5.74) is 0. The number of nitrogens with one attached hydrogen (secondary N) is 2. The summed E-state index contributed by atoms with van der Waals surface area (Å²) >= 11 is 0. The summed E-state index contributed by atoms with van der Waals surface area (Å²) in [7, 11) is 1.91. The van der Waals surface area contributed by atoms with Crippen LogP contribution in [0.3, 0.4) is 0 Å². The highest BCUT2D eigenvalue weighted by atomic mass is 16.5. The van der Waals surface area contributed by atoms with Crippen LogP contribution in [0.5, 0.6) is 0 Å². The molecule has 0 bridgehead atoms. The molecule has 0 spiro atoms. The quantitative estimate of drug-likeness (QED) is 0.803. The van der Waals surface area contributed by atoms with Gasteiger partial charge in [0.1, 0.15) is 0 Å². The lowest BCUT2D eigenvalue weighted by Gasteiger charge is -2.22. The standard InChI is InChI=1S/C16H28N4O2/c1-11(17-3)9-14-19-15(22-20-14)10-12(2)18-16(21)13-7-5-4-6-8-13/h11-13,17H,4-10H2,1-3H3,(H,18,21). The molecule has 1 aliphatic rings. The van der Waals surface area contributed by atoms with E-state index in [1.165, 1.54) is 19.3 Å². The van der Waals surface area contributed by atoms with Crippen LogP contribution in [0.2, 0.25) is 0 Å². The van der Waals surface area contributed by atoms with E-state index in [-0.39, 0.29) is 17.9 Å². The molecule has 2 unspecified atom stereocenters. The highest BCUT2D eigenvalue weighted by molar-refractivity contribution is 5.78. The summed E-state index contributed by atoms with van der Waals surface area (Å²) in [6.45, 7) is 4.06. The van der Waals surface area contributed by atoms with Crippen LogP contribution in [0.1, 0.15) is 57.7 Å². The van der Waals surface area contributed by atoms with Crippen molar-refractivity contribution in [1.29, 1.82) is 0 Å². The predicted octanol–water partition coefficient (Wildman–Crippen LogP) is 1.85. The molecule has 0 saturated heterocycles. The van der Waals surface area contributed by atoms with Crippen LogP contribution in [0.4, 0.5) is 0 Å². The molecule has 6 heteroatoms. The maximum atomic E-state index is 12.2. The molecule has 124 valence electrons. The normalized spacial score (nSPS) is 18.9. The van der Waals surface area contributed by atoms with Gasteiger partial charge in [-0.25, -0.2) is 0 Å². The van der Waals surface area contributed by atoms with Crippen molar-refractivity contribution in [2.24, 2.45) is 5.92 Å². The molecule has 22 heavy (non-hydrogen) atoms. The van der Waals surface area contributed by atoms with Gasteiger partial charge in [-0.2, -0.15) is 4.98 Å². The Morgan fingerprint density at radius 3 is 2.64 bits per heavy atom. The van der Waals surface area contributed by atoms with E-state index in [4.69, 9.17) is 4.52 Å². The maximum Gasteiger partial charge on any atom is 0.228 e. The zero-order valence-electron chi connectivity index (χ0n) is 13.9. The van der Waals surface area contributed by atoms with Crippen molar-refractivity contribution in [2.45, 2.75) is 70.9 Å². The van der Waals surface area contributed by atoms with E-state index in [1.807, 2.05) is 14.0 Å². The Bertz CT molecular complexity index is 468. The fourth-order valence-electron chi connectivity index (χ4n) is 2.87. The first-order chi connectivity index (χ1) is 10.6. The first-order valence-electron chi connectivity index (χ1n) is 8.37. The Hall–Kier alpha value is -1.43. The molecule has 1 aromatic rings. The Kier molecular flexibility index (Phi) is 6.36. The minimum Gasteiger partial charge on any atom is -0.353 e. The minimum absolute atomic E-state index is 0.0180. The van der Waals surface area contributed by atoms with E-state index in [9.17, 15) is 4.79 Å². The number of rotatable bonds is 7. The molecule has 2 atom stereocenters. The van der Waals surface area contributed by atoms with Crippen molar-refractivity contribution >= 4 is 5.91 Å². The fraction of sp³-hybridized carbons (Fsp3) is 0.812. The van der Waals surface area contributed by atoms with Crippen molar-refractivity contribution in [2.75, 3.05) is 7.05 Å². The van der Waals surface area contributed by atoms with Crippen molar-refractivity contribution in [3.8, 4) is 0 Å². The molecule has 1 heterocycles. The average Bonchev–Trinajstić information content (AvgIpc) is 2.94. The number of hydrogen-bond acceptors (Lipinski definition) is 5. The van der Waals surface area contributed by atoms with Crippen molar-refractivity contribution < 1.29 is 9.32 Å². The first kappa shape index (κ1) is 16.9. The molecule has 1 aliphatic carbocycles. The molecule has 6 nitrogen and oxygen atoms in total. The van der Waals surface area contributed by atoms with Gasteiger partial charge in [-0.1, -0.05) is 24.4 Å². The van der Waals surface area contributed by atoms with Crippen LogP contribution in [0.25, 0.3) is 0 Å². The number of hydrogen-bond donors (Lipinski definition) is 2. The van der Waals surface area contributed by atoms with Crippen LogP contribution in [0.15, 0.2) is 4.52 Å². The number of amides is 1. The van der Waals surface area contributed by atoms with E-state index >= 15 is 0 Å². The van der Waals surface area contributed by atoms with E-state index in [0.29, 0.717) is 24.2 Å². The van der Waals surface area contributed by atoms with E-state index in [1.54, 1.807) is 0 Å². The van der Waals surface area contributed by atoms with Crippen molar-refractivity contribution in [3.05, 3.63) is 11.7 Å². The number of nitrogens with zero attached hydrogens (tertiary/aromatic N) is 2. The van der Waals surface area contributed by atoms with Crippen LogP contribution in [-0.2, 0) is 17.6 Å². The lowest BCUT2D eigenvalue weighted by Crippen LogP contribution is -2.39. The zero-order valence-corrected chi connectivity index (χ0v) is 13.9. The van der Waals surface area contributed by atoms with Crippen molar-refractivity contribution in [3.63, 3.8) is 0 Å². The van der Waals surface area contributed by atoms with Gasteiger partial charge in [0.25, 0.3) is 0 Å². The van der Waals surface area contributed by atoms with Crippen LogP contribution in [-0.4, -0.2) is 35.2 Å². The number of carbonyl (C=O) groups excluding carboxylic acids is 1. The number of likely N-dealkylation sites (N-methyl/N-ethyl adjacent to an activating group) is 1. The van der Waals surface area contributed by atoms with Gasteiger partial charge in [0.2, 0.25) is 11.8 Å². The largest absolute Gasteiger partial charge is 0.353 e. The summed E-state index contributed by atoms with van der Waals surface area (Å²) < 4.78 is 5.27. The maximum absolute atomic E-state index is 12.2. The number of carbonyl (C=O) groups is 1. The summed E-state index contributed by atoms with van der Waals surface area (Å²) in [6.07, 6.45) is 6.96. The zero-order chi connectivity index (χ0) is 15.9. The van der Waals surface area contributed by atoms with Gasteiger partial charge in [0.15, 0.2) is 5.82 Å². The van der Waals surface area contributed by atoms with Crippen LogP contribution >= 0.6 is 0 Å².